The highest BCUT2D eigenvalue weighted by atomic mass is 15.2. The van der Waals surface area contributed by atoms with Gasteiger partial charge >= 0.3 is 0 Å². The van der Waals surface area contributed by atoms with Gasteiger partial charge in [-0.2, -0.15) is 0 Å². The van der Waals surface area contributed by atoms with Crippen molar-refractivity contribution in [3.63, 3.8) is 0 Å². The smallest absolute Gasteiger partial charge is 0.128 e. The SMILES string of the molecule is CCN1CCCC1c1ccc(N2CCNCC2)nc1. The first kappa shape index (κ1) is 12.9. The van der Waals surface area contributed by atoms with Crippen molar-refractivity contribution in [2.24, 2.45) is 0 Å². The minimum absolute atomic E-state index is 0.592. The first-order valence-corrected chi connectivity index (χ1v) is 7.54. The predicted molar refractivity (Wildman–Crippen MR) is 78.5 cm³/mol. The molecule has 2 fully saturated rings. The van der Waals surface area contributed by atoms with Crippen molar-refractivity contribution in [3.8, 4) is 0 Å². The van der Waals surface area contributed by atoms with Crippen LogP contribution in [0.2, 0.25) is 0 Å². The van der Waals surface area contributed by atoms with E-state index in [1.54, 1.807) is 0 Å². The maximum absolute atomic E-state index is 4.69. The molecule has 19 heavy (non-hydrogen) atoms. The number of piperazine rings is 1. The van der Waals surface area contributed by atoms with Gasteiger partial charge in [0.05, 0.1) is 0 Å². The summed E-state index contributed by atoms with van der Waals surface area (Å²) in [4.78, 5) is 9.61. The summed E-state index contributed by atoms with van der Waals surface area (Å²) >= 11 is 0. The van der Waals surface area contributed by atoms with E-state index < -0.39 is 0 Å². The third-order valence-corrected chi connectivity index (χ3v) is 4.37. The quantitative estimate of drug-likeness (QED) is 0.895. The van der Waals surface area contributed by atoms with Gasteiger partial charge in [-0.3, -0.25) is 4.90 Å². The lowest BCUT2D eigenvalue weighted by atomic mass is 10.1. The zero-order valence-electron chi connectivity index (χ0n) is 11.8. The van der Waals surface area contributed by atoms with Crippen molar-refractivity contribution in [1.82, 2.24) is 15.2 Å². The molecule has 1 N–H and O–H groups in total. The van der Waals surface area contributed by atoms with Crippen LogP contribution in [0.4, 0.5) is 5.82 Å². The molecule has 0 saturated carbocycles. The van der Waals surface area contributed by atoms with Crippen molar-refractivity contribution < 1.29 is 0 Å². The Morgan fingerprint density at radius 3 is 2.79 bits per heavy atom. The van der Waals surface area contributed by atoms with E-state index in [2.05, 4.69) is 45.4 Å². The van der Waals surface area contributed by atoms with Gasteiger partial charge in [0.1, 0.15) is 5.82 Å². The first-order valence-electron chi connectivity index (χ1n) is 7.54. The molecular weight excluding hydrogens is 236 g/mol. The van der Waals surface area contributed by atoms with Crippen molar-refractivity contribution in [2.45, 2.75) is 25.8 Å². The molecule has 1 aromatic heterocycles. The van der Waals surface area contributed by atoms with E-state index in [0.29, 0.717) is 6.04 Å². The maximum atomic E-state index is 4.69. The molecule has 0 bridgehead atoms. The van der Waals surface area contributed by atoms with Crippen molar-refractivity contribution in [3.05, 3.63) is 23.9 Å². The monoisotopic (exact) mass is 260 g/mol. The number of hydrogen-bond acceptors (Lipinski definition) is 4. The van der Waals surface area contributed by atoms with E-state index in [1.807, 2.05) is 0 Å². The van der Waals surface area contributed by atoms with Crippen molar-refractivity contribution in [1.29, 1.82) is 0 Å². The molecule has 1 unspecified atom stereocenters. The summed E-state index contributed by atoms with van der Waals surface area (Å²) in [6.07, 6.45) is 4.69. The van der Waals surface area contributed by atoms with Crippen LogP contribution in [-0.4, -0.2) is 49.2 Å². The summed E-state index contributed by atoms with van der Waals surface area (Å²) < 4.78 is 0. The normalized spacial score (nSPS) is 24.9. The Kier molecular flexibility index (Phi) is 3.99. The molecule has 0 aromatic carbocycles. The second-order valence-corrected chi connectivity index (χ2v) is 5.47. The zero-order valence-corrected chi connectivity index (χ0v) is 11.8. The molecule has 3 heterocycles. The van der Waals surface area contributed by atoms with Gasteiger partial charge in [-0.15, -0.1) is 0 Å². The van der Waals surface area contributed by atoms with Gasteiger partial charge < -0.3 is 10.2 Å². The fraction of sp³-hybridized carbons (Fsp3) is 0.667. The number of hydrogen-bond donors (Lipinski definition) is 1. The van der Waals surface area contributed by atoms with Crippen LogP contribution in [-0.2, 0) is 0 Å². The highest BCUT2D eigenvalue weighted by molar-refractivity contribution is 5.40. The molecule has 0 aliphatic carbocycles. The Labute approximate surface area is 115 Å². The third-order valence-electron chi connectivity index (χ3n) is 4.37. The van der Waals surface area contributed by atoms with Crippen molar-refractivity contribution in [2.75, 3.05) is 44.2 Å². The fourth-order valence-electron chi connectivity index (χ4n) is 3.26. The van der Waals surface area contributed by atoms with Gasteiger partial charge in [0.15, 0.2) is 0 Å². The second-order valence-electron chi connectivity index (χ2n) is 5.47. The Morgan fingerprint density at radius 2 is 2.11 bits per heavy atom. The molecule has 1 aromatic rings. The van der Waals surface area contributed by atoms with Crippen molar-refractivity contribution >= 4 is 5.82 Å². The van der Waals surface area contributed by atoms with E-state index in [4.69, 9.17) is 0 Å². The number of nitrogens with zero attached hydrogens (tertiary/aromatic N) is 3. The second kappa shape index (κ2) is 5.88. The molecule has 2 aliphatic rings. The Hall–Kier alpha value is -1.13. The third kappa shape index (κ3) is 2.74. The Morgan fingerprint density at radius 1 is 1.26 bits per heavy atom. The molecule has 104 valence electrons. The highest BCUT2D eigenvalue weighted by Gasteiger charge is 2.24. The molecule has 2 saturated heterocycles. The fourth-order valence-corrected chi connectivity index (χ4v) is 3.26. The first-order chi connectivity index (χ1) is 9.38. The number of pyridine rings is 1. The maximum Gasteiger partial charge on any atom is 0.128 e. The number of aromatic nitrogens is 1. The van der Waals surface area contributed by atoms with Crippen LogP contribution in [0, 0.1) is 0 Å². The van der Waals surface area contributed by atoms with Crippen LogP contribution < -0.4 is 10.2 Å². The molecular formula is C15H24N4. The van der Waals surface area contributed by atoms with Gasteiger partial charge in [0, 0.05) is 38.4 Å². The lowest BCUT2D eigenvalue weighted by Crippen LogP contribution is -2.43. The summed E-state index contributed by atoms with van der Waals surface area (Å²) in [5, 5.41) is 3.38. The minimum atomic E-state index is 0.592. The number of nitrogens with one attached hydrogen (secondary N) is 1. The molecule has 0 spiro atoms. The van der Waals surface area contributed by atoms with Gasteiger partial charge in [-0.25, -0.2) is 4.98 Å². The zero-order chi connectivity index (χ0) is 13.1. The van der Waals surface area contributed by atoms with Crippen LogP contribution in [0.25, 0.3) is 0 Å². The van der Waals surface area contributed by atoms with E-state index in [9.17, 15) is 0 Å². The number of rotatable bonds is 3. The van der Waals surface area contributed by atoms with Crippen LogP contribution in [0.15, 0.2) is 18.3 Å². The molecule has 0 amide bonds. The number of anilines is 1. The largest absolute Gasteiger partial charge is 0.354 e. The number of likely N-dealkylation sites (tertiary alicyclic amines) is 1. The van der Waals surface area contributed by atoms with E-state index in [1.165, 1.54) is 24.9 Å². The molecule has 1 atom stereocenters. The van der Waals surface area contributed by atoms with E-state index in [-0.39, 0.29) is 0 Å². The molecule has 2 aliphatic heterocycles. The lowest BCUT2D eigenvalue weighted by molar-refractivity contribution is 0.271. The average Bonchev–Trinajstić information content (AvgIpc) is 2.97. The summed E-state index contributed by atoms with van der Waals surface area (Å²) in [6, 6.07) is 5.07. The van der Waals surface area contributed by atoms with Crippen LogP contribution in [0.1, 0.15) is 31.4 Å². The topological polar surface area (TPSA) is 31.4 Å². The van der Waals surface area contributed by atoms with Crippen LogP contribution in [0.3, 0.4) is 0 Å². The highest BCUT2D eigenvalue weighted by Crippen LogP contribution is 2.31. The summed E-state index contributed by atoms with van der Waals surface area (Å²) in [7, 11) is 0. The Bertz CT molecular complexity index is 397. The molecule has 4 heteroatoms. The molecule has 3 rings (SSSR count). The van der Waals surface area contributed by atoms with E-state index >= 15 is 0 Å². The summed E-state index contributed by atoms with van der Waals surface area (Å²) in [6.45, 7) is 8.89. The summed E-state index contributed by atoms with van der Waals surface area (Å²) in [5.41, 5.74) is 1.39. The average molecular weight is 260 g/mol. The van der Waals surface area contributed by atoms with Gasteiger partial charge in [0.25, 0.3) is 0 Å². The van der Waals surface area contributed by atoms with Gasteiger partial charge in [0.2, 0.25) is 0 Å². The standard InChI is InChI=1S/C15H24N4/c1-2-18-9-3-4-14(18)13-5-6-15(17-12-13)19-10-7-16-8-11-19/h5-6,12,14,16H,2-4,7-11H2,1H3. The molecule has 4 nitrogen and oxygen atoms in total. The Balaban J connectivity index is 1.71. The van der Waals surface area contributed by atoms with E-state index in [0.717, 1.165) is 38.5 Å². The predicted octanol–water partition coefficient (Wildman–Crippen LogP) is 1.65. The summed E-state index contributed by atoms with van der Waals surface area (Å²) in [5.74, 6) is 1.13. The molecule has 0 radical (unpaired) electrons. The van der Waals surface area contributed by atoms with Crippen LogP contribution >= 0.6 is 0 Å². The van der Waals surface area contributed by atoms with Gasteiger partial charge in [-0.1, -0.05) is 13.0 Å². The lowest BCUT2D eigenvalue weighted by Gasteiger charge is -2.29. The van der Waals surface area contributed by atoms with Gasteiger partial charge in [-0.05, 0) is 37.6 Å². The minimum Gasteiger partial charge on any atom is -0.354 e. The van der Waals surface area contributed by atoms with Crippen LogP contribution in [0.5, 0.6) is 0 Å².